The molecule has 0 fully saturated rings. The van der Waals surface area contributed by atoms with E-state index >= 15 is 0 Å². The third-order valence-corrected chi connectivity index (χ3v) is 5.22. The van der Waals surface area contributed by atoms with Crippen LogP contribution in [0, 0.1) is 6.92 Å². The van der Waals surface area contributed by atoms with Crippen LogP contribution in [0.2, 0.25) is 0 Å². The monoisotopic (exact) mass is 349 g/mol. The van der Waals surface area contributed by atoms with Gasteiger partial charge in [-0.05, 0) is 42.7 Å². The van der Waals surface area contributed by atoms with Crippen LogP contribution in [0.4, 0.5) is 11.4 Å². The molecule has 1 aliphatic rings. The molecule has 0 saturated heterocycles. The van der Waals surface area contributed by atoms with Gasteiger partial charge in [0, 0.05) is 55.1 Å². The number of nitrogens with zero attached hydrogens (tertiary/aromatic N) is 1. The van der Waals surface area contributed by atoms with Crippen LogP contribution >= 0.6 is 0 Å². The van der Waals surface area contributed by atoms with E-state index in [0.29, 0.717) is 0 Å². The van der Waals surface area contributed by atoms with Gasteiger partial charge >= 0.3 is 0 Å². The normalized spacial score (nSPS) is 13.7. The minimum atomic E-state index is 0.749. The summed E-state index contributed by atoms with van der Waals surface area (Å²) in [5.74, 6) is 0.957. The molecule has 4 rings (SSSR count). The van der Waals surface area contributed by atoms with E-state index in [2.05, 4.69) is 72.5 Å². The average molecular weight is 349 g/mol. The van der Waals surface area contributed by atoms with Crippen molar-refractivity contribution < 1.29 is 4.74 Å². The molecule has 0 spiro atoms. The first-order valence-corrected chi connectivity index (χ1v) is 9.48. The Hall–Kier alpha value is -2.46. The summed E-state index contributed by atoms with van der Waals surface area (Å²) in [5, 5.41) is 8.38. The maximum Gasteiger partial charge on any atom is 0.124 e. The van der Waals surface area contributed by atoms with Gasteiger partial charge in [-0.25, -0.2) is 0 Å². The smallest absolute Gasteiger partial charge is 0.124 e. The Morgan fingerprint density at radius 1 is 1.15 bits per heavy atom. The molecule has 1 aromatic heterocycles. The Kier molecular flexibility index (Phi) is 4.60. The third-order valence-electron chi connectivity index (χ3n) is 5.22. The Morgan fingerprint density at radius 2 is 1.96 bits per heavy atom. The zero-order chi connectivity index (χ0) is 18.1. The molecule has 0 saturated carbocycles. The predicted octanol–water partition coefficient (Wildman–Crippen LogP) is 4.66. The molecule has 0 unspecified atom stereocenters. The molecule has 26 heavy (non-hydrogen) atoms. The standard InChI is InChI=1S/C22H27N3O/c1-4-11-26-22-13-17(6-5-15(22)2)24-16-7-8-18-19-14-23-10-9-20(19)25(3)21(18)12-16/h5-8,12-13,23-24H,4,9-11,14H2,1-3H3. The summed E-state index contributed by atoms with van der Waals surface area (Å²) < 4.78 is 8.21. The van der Waals surface area contributed by atoms with Crippen LogP contribution in [0.15, 0.2) is 36.4 Å². The lowest BCUT2D eigenvalue weighted by atomic mass is 10.1. The second kappa shape index (κ2) is 7.04. The lowest BCUT2D eigenvalue weighted by molar-refractivity contribution is 0.315. The maximum absolute atomic E-state index is 5.86. The highest BCUT2D eigenvalue weighted by Gasteiger charge is 2.18. The van der Waals surface area contributed by atoms with Gasteiger partial charge in [-0.1, -0.05) is 19.1 Å². The van der Waals surface area contributed by atoms with Crippen LogP contribution in [0.25, 0.3) is 10.9 Å². The van der Waals surface area contributed by atoms with Crippen molar-refractivity contribution in [1.29, 1.82) is 0 Å². The van der Waals surface area contributed by atoms with E-state index in [1.54, 1.807) is 0 Å². The molecule has 2 heterocycles. The summed E-state index contributed by atoms with van der Waals surface area (Å²) in [6, 6.07) is 13.0. The molecule has 0 aliphatic carbocycles. The van der Waals surface area contributed by atoms with Gasteiger partial charge in [-0.3, -0.25) is 0 Å². The molecule has 4 nitrogen and oxygen atoms in total. The first-order valence-electron chi connectivity index (χ1n) is 9.48. The number of fused-ring (bicyclic) bond motifs is 3. The van der Waals surface area contributed by atoms with Crippen molar-refractivity contribution in [2.45, 2.75) is 33.2 Å². The van der Waals surface area contributed by atoms with Gasteiger partial charge in [0.1, 0.15) is 5.75 Å². The Bertz CT molecular complexity index is 942. The number of hydrogen-bond donors (Lipinski definition) is 2. The highest BCUT2D eigenvalue weighted by atomic mass is 16.5. The van der Waals surface area contributed by atoms with Crippen LogP contribution in [-0.2, 0) is 20.0 Å². The molecular weight excluding hydrogens is 322 g/mol. The lowest BCUT2D eigenvalue weighted by Gasteiger charge is -2.14. The van der Waals surface area contributed by atoms with Gasteiger partial charge in [0.05, 0.1) is 12.1 Å². The van der Waals surface area contributed by atoms with Crippen molar-refractivity contribution in [2.24, 2.45) is 7.05 Å². The number of hydrogen-bond acceptors (Lipinski definition) is 3. The van der Waals surface area contributed by atoms with E-state index in [9.17, 15) is 0 Å². The number of ether oxygens (including phenoxy) is 1. The van der Waals surface area contributed by atoms with E-state index in [1.807, 2.05) is 0 Å². The van der Waals surface area contributed by atoms with Crippen LogP contribution < -0.4 is 15.4 Å². The minimum absolute atomic E-state index is 0.749. The van der Waals surface area contributed by atoms with Crippen molar-refractivity contribution in [1.82, 2.24) is 9.88 Å². The number of rotatable bonds is 5. The fraction of sp³-hybridized carbons (Fsp3) is 0.364. The predicted molar refractivity (Wildman–Crippen MR) is 109 cm³/mol. The Balaban J connectivity index is 1.64. The minimum Gasteiger partial charge on any atom is -0.493 e. The lowest BCUT2D eigenvalue weighted by Crippen LogP contribution is -2.24. The first-order chi connectivity index (χ1) is 12.7. The highest BCUT2D eigenvalue weighted by Crippen LogP contribution is 2.31. The van der Waals surface area contributed by atoms with Crippen LogP contribution in [-0.4, -0.2) is 17.7 Å². The van der Waals surface area contributed by atoms with E-state index < -0.39 is 0 Å². The average Bonchev–Trinajstić information content (AvgIpc) is 2.95. The first kappa shape index (κ1) is 17.0. The maximum atomic E-state index is 5.86. The van der Waals surface area contributed by atoms with Gasteiger partial charge < -0.3 is 19.9 Å². The highest BCUT2D eigenvalue weighted by molar-refractivity contribution is 5.89. The van der Waals surface area contributed by atoms with E-state index in [4.69, 9.17) is 4.74 Å². The molecule has 1 aliphatic heterocycles. The van der Waals surface area contributed by atoms with Crippen LogP contribution in [0.5, 0.6) is 5.75 Å². The van der Waals surface area contributed by atoms with Crippen LogP contribution in [0.3, 0.4) is 0 Å². The molecule has 4 heteroatoms. The summed E-state index contributed by atoms with van der Waals surface area (Å²) in [7, 11) is 2.18. The largest absolute Gasteiger partial charge is 0.493 e. The third kappa shape index (κ3) is 3.06. The topological polar surface area (TPSA) is 38.2 Å². The molecular formula is C22H27N3O. The van der Waals surface area contributed by atoms with Gasteiger partial charge in [0.15, 0.2) is 0 Å². The molecule has 0 bridgehead atoms. The molecule has 0 atom stereocenters. The second-order valence-corrected chi connectivity index (χ2v) is 7.10. The van der Waals surface area contributed by atoms with Gasteiger partial charge in [-0.15, -0.1) is 0 Å². The molecule has 0 radical (unpaired) electrons. The Morgan fingerprint density at radius 3 is 2.81 bits per heavy atom. The SMILES string of the molecule is CCCOc1cc(Nc2ccc3c4c(n(C)c3c2)CCNC4)ccc1C. The van der Waals surface area contributed by atoms with Gasteiger partial charge in [0.2, 0.25) is 0 Å². The summed E-state index contributed by atoms with van der Waals surface area (Å²) in [5.41, 5.74) is 7.53. The molecule has 2 N–H and O–H groups in total. The fourth-order valence-electron chi connectivity index (χ4n) is 3.79. The van der Waals surface area contributed by atoms with Crippen molar-refractivity contribution in [3.63, 3.8) is 0 Å². The second-order valence-electron chi connectivity index (χ2n) is 7.10. The van der Waals surface area contributed by atoms with Crippen molar-refractivity contribution in [3.8, 4) is 5.75 Å². The zero-order valence-electron chi connectivity index (χ0n) is 15.9. The van der Waals surface area contributed by atoms with E-state index in [-0.39, 0.29) is 0 Å². The number of nitrogens with one attached hydrogen (secondary N) is 2. The Labute approximate surface area is 155 Å². The van der Waals surface area contributed by atoms with Crippen molar-refractivity contribution in [3.05, 3.63) is 53.2 Å². The summed E-state index contributed by atoms with van der Waals surface area (Å²) in [6.07, 6.45) is 2.11. The van der Waals surface area contributed by atoms with Crippen molar-refractivity contribution in [2.75, 3.05) is 18.5 Å². The van der Waals surface area contributed by atoms with Crippen LogP contribution in [0.1, 0.15) is 30.2 Å². The van der Waals surface area contributed by atoms with Gasteiger partial charge in [-0.2, -0.15) is 0 Å². The molecule has 0 amide bonds. The summed E-state index contributed by atoms with van der Waals surface area (Å²) in [4.78, 5) is 0. The summed E-state index contributed by atoms with van der Waals surface area (Å²) >= 11 is 0. The number of aryl methyl sites for hydroxylation is 2. The molecule has 136 valence electrons. The van der Waals surface area contributed by atoms with Gasteiger partial charge in [0.25, 0.3) is 0 Å². The molecule has 2 aromatic carbocycles. The summed E-state index contributed by atoms with van der Waals surface area (Å²) in [6.45, 7) is 6.99. The van der Waals surface area contributed by atoms with E-state index in [0.717, 1.165) is 49.7 Å². The number of aromatic nitrogens is 1. The number of benzene rings is 2. The fourth-order valence-corrected chi connectivity index (χ4v) is 3.79. The molecule has 3 aromatic rings. The van der Waals surface area contributed by atoms with E-state index in [1.165, 1.54) is 27.7 Å². The quantitative estimate of drug-likeness (QED) is 0.703. The number of anilines is 2. The zero-order valence-corrected chi connectivity index (χ0v) is 15.9. The van der Waals surface area contributed by atoms with Crippen molar-refractivity contribution >= 4 is 22.3 Å².